The van der Waals surface area contributed by atoms with Crippen molar-refractivity contribution in [3.8, 4) is 5.75 Å². The first-order chi connectivity index (χ1) is 8.03. The topological polar surface area (TPSA) is 47.6 Å². The van der Waals surface area contributed by atoms with E-state index in [0.29, 0.717) is 17.9 Å². The summed E-state index contributed by atoms with van der Waals surface area (Å²) in [5.74, 6) is 0.272. The molecule has 0 unspecified atom stereocenters. The Hall–Kier alpha value is -1.26. The molecular formula is C13H18ClNO3. The number of benzene rings is 1. The number of halogens is 1. The molecule has 1 aromatic rings. The lowest BCUT2D eigenvalue weighted by Gasteiger charge is -2.25. The lowest BCUT2D eigenvalue weighted by molar-refractivity contribution is 0.0583. The van der Waals surface area contributed by atoms with Crippen LogP contribution in [0.1, 0.15) is 29.8 Å². The van der Waals surface area contributed by atoms with Gasteiger partial charge >= 0.3 is 5.97 Å². The Labute approximate surface area is 113 Å². The van der Waals surface area contributed by atoms with E-state index >= 15 is 0 Å². The van der Waals surface area contributed by atoms with Gasteiger partial charge in [-0.05, 0) is 19.9 Å². The maximum Gasteiger partial charge on any atom is 0.341 e. The van der Waals surface area contributed by atoms with Gasteiger partial charge in [-0.1, -0.05) is 12.1 Å². The highest BCUT2D eigenvalue weighted by atomic mass is 35.5. The molecule has 0 bridgehead atoms. The highest BCUT2D eigenvalue weighted by molar-refractivity contribution is 5.93. The number of para-hydroxylation sites is 1. The number of rotatable bonds is 1. The molecule has 0 spiro atoms. The van der Waals surface area contributed by atoms with Crippen molar-refractivity contribution in [2.45, 2.75) is 26.0 Å². The van der Waals surface area contributed by atoms with E-state index < -0.39 is 0 Å². The van der Waals surface area contributed by atoms with Crippen LogP contribution in [-0.4, -0.2) is 25.2 Å². The van der Waals surface area contributed by atoms with Gasteiger partial charge in [0, 0.05) is 18.7 Å². The summed E-state index contributed by atoms with van der Waals surface area (Å²) in [6, 6.07) is 5.52. The summed E-state index contributed by atoms with van der Waals surface area (Å²) < 4.78 is 10.7. The molecule has 1 aliphatic rings. The lowest BCUT2D eigenvalue weighted by Crippen LogP contribution is -2.38. The quantitative estimate of drug-likeness (QED) is 0.795. The Morgan fingerprint density at radius 3 is 2.83 bits per heavy atom. The van der Waals surface area contributed by atoms with Gasteiger partial charge in [-0.25, -0.2) is 4.79 Å². The van der Waals surface area contributed by atoms with Crippen LogP contribution in [0.3, 0.4) is 0 Å². The number of carbonyl (C=O) groups excluding carboxylic acids is 1. The van der Waals surface area contributed by atoms with Crippen molar-refractivity contribution in [1.29, 1.82) is 0 Å². The van der Waals surface area contributed by atoms with Gasteiger partial charge in [-0.2, -0.15) is 0 Å². The molecule has 4 nitrogen and oxygen atoms in total. The van der Waals surface area contributed by atoms with E-state index in [-0.39, 0.29) is 24.0 Å². The molecule has 18 heavy (non-hydrogen) atoms. The van der Waals surface area contributed by atoms with E-state index in [4.69, 9.17) is 9.47 Å². The zero-order chi connectivity index (χ0) is 12.5. The van der Waals surface area contributed by atoms with E-state index in [1.54, 1.807) is 6.07 Å². The van der Waals surface area contributed by atoms with Gasteiger partial charge in [-0.15, -0.1) is 12.4 Å². The number of hydrogen-bond acceptors (Lipinski definition) is 4. The molecule has 100 valence electrons. The number of fused-ring (bicyclic) bond motifs is 1. The van der Waals surface area contributed by atoms with Gasteiger partial charge in [0.2, 0.25) is 0 Å². The van der Waals surface area contributed by atoms with Crippen molar-refractivity contribution in [2.24, 2.45) is 0 Å². The summed E-state index contributed by atoms with van der Waals surface area (Å²) in [4.78, 5) is 11.7. The fraction of sp³-hybridized carbons (Fsp3) is 0.462. The number of hydrogen-bond donors (Lipinski definition) is 1. The zero-order valence-electron chi connectivity index (χ0n) is 10.8. The Balaban J connectivity index is 0.00000162. The van der Waals surface area contributed by atoms with Crippen LogP contribution in [-0.2, 0) is 11.3 Å². The van der Waals surface area contributed by atoms with Crippen LogP contribution in [0.2, 0.25) is 0 Å². The summed E-state index contributed by atoms with van der Waals surface area (Å²) in [7, 11) is 1.38. The molecule has 0 atom stereocenters. The van der Waals surface area contributed by atoms with Gasteiger partial charge in [-0.3, -0.25) is 0 Å². The molecule has 2 rings (SSSR count). The highest BCUT2D eigenvalue weighted by Gasteiger charge is 2.27. The van der Waals surface area contributed by atoms with Crippen LogP contribution in [0, 0.1) is 0 Å². The van der Waals surface area contributed by atoms with Crippen LogP contribution in [0.4, 0.5) is 0 Å². The molecule has 0 saturated carbocycles. The maximum atomic E-state index is 11.7. The molecule has 5 heteroatoms. The molecule has 0 saturated heterocycles. The second kappa shape index (κ2) is 5.59. The Bertz CT molecular complexity index is 446. The zero-order valence-corrected chi connectivity index (χ0v) is 11.6. The van der Waals surface area contributed by atoms with Crippen molar-refractivity contribution in [1.82, 2.24) is 5.32 Å². The molecule has 0 aliphatic carbocycles. The minimum atomic E-state index is -0.362. The van der Waals surface area contributed by atoms with Gasteiger partial charge in [0.25, 0.3) is 0 Å². The first kappa shape index (κ1) is 14.8. The summed E-state index contributed by atoms with van der Waals surface area (Å²) in [6.07, 6.45) is 0. The Kier molecular flexibility index (Phi) is 4.59. The number of esters is 1. The third-order valence-electron chi connectivity index (χ3n) is 2.75. The average Bonchev–Trinajstić information content (AvgIpc) is 2.44. The van der Waals surface area contributed by atoms with Crippen molar-refractivity contribution >= 4 is 18.4 Å². The van der Waals surface area contributed by atoms with Crippen molar-refractivity contribution in [3.05, 3.63) is 29.3 Å². The van der Waals surface area contributed by atoms with Crippen molar-refractivity contribution < 1.29 is 14.3 Å². The largest absolute Gasteiger partial charge is 0.485 e. The minimum absolute atomic E-state index is 0. The van der Waals surface area contributed by atoms with Gasteiger partial charge in [0.05, 0.1) is 7.11 Å². The van der Waals surface area contributed by atoms with Gasteiger partial charge in [0.15, 0.2) is 0 Å². The third kappa shape index (κ3) is 2.94. The predicted molar refractivity (Wildman–Crippen MR) is 71.4 cm³/mol. The second-order valence-corrected chi connectivity index (χ2v) is 4.75. The number of nitrogens with one attached hydrogen (secondary N) is 1. The van der Waals surface area contributed by atoms with Gasteiger partial charge < -0.3 is 14.8 Å². The smallest absolute Gasteiger partial charge is 0.341 e. The third-order valence-corrected chi connectivity index (χ3v) is 2.75. The first-order valence-corrected chi connectivity index (χ1v) is 5.63. The summed E-state index contributed by atoms with van der Waals surface area (Å²) >= 11 is 0. The van der Waals surface area contributed by atoms with Crippen LogP contribution >= 0.6 is 12.4 Å². The normalized spacial score (nSPS) is 16.6. The highest BCUT2D eigenvalue weighted by Crippen LogP contribution is 2.30. The molecule has 1 N–H and O–H groups in total. The molecule has 0 radical (unpaired) electrons. The van der Waals surface area contributed by atoms with Crippen molar-refractivity contribution in [3.63, 3.8) is 0 Å². The van der Waals surface area contributed by atoms with E-state index in [2.05, 4.69) is 5.32 Å². The molecule has 0 aromatic heterocycles. The van der Waals surface area contributed by atoms with E-state index in [9.17, 15) is 4.79 Å². The van der Waals surface area contributed by atoms with Crippen LogP contribution < -0.4 is 10.1 Å². The molecule has 1 heterocycles. The monoisotopic (exact) mass is 271 g/mol. The van der Waals surface area contributed by atoms with Crippen molar-refractivity contribution in [2.75, 3.05) is 13.7 Å². The molecule has 1 aliphatic heterocycles. The van der Waals surface area contributed by atoms with Crippen LogP contribution in [0.5, 0.6) is 5.75 Å². The number of carbonyl (C=O) groups is 1. The molecular weight excluding hydrogens is 254 g/mol. The summed E-state index contributed by atoms with van der Waals surface area (Å²) in [5.41, 5.74) is 1.13. The summed E-state index contributed by atoms with van der Waals surface area (Å²) in [6.45, 7) is 5.41. The summed E-state index contributed by atoms with van der Waals surface area (Å²) in [5, 5.41) is 3.30. The number of ether oxygens (including phenoxy) is 2. The SMILES string of the molecule is COC(=O)c1cccc2c1OC(C)(C)CNC2.Cl. The Morgan fingerprint density at radius 1 is 1.44 bits per heavy atom. The Morgan fingerprint density at radius 2 is 2.17 bits per heavy atom. The van der Waals surface area contributed by atoms with E-state index in [0.717, 1.165) is 12.1 Å². The lowest BCUT2D eigenvalue weighted by atomic mass is 10.1. The van der Waals surface area contributed by atoms with E-state index in [1.807, 2.05) is 26.0 Å². The predicted octanol–water partition coefficient (Wildman–Crippen LogP) is 2.16. The molecule has 0 amide bonds. The minimum Gasteiger partial charge on any atom is -0.485 e. The first-order valence-electron chi connectivity index (χ1n) is 5.63. The maximum absolute atomic E-state index is 11.7. The molecule has 1 aromatic carbocycles. The standard InChI is InChI=1S/C13H17NO3.ClH/c1-13(2)8-14-7-9-5-4-6-10(11(9)17-13)12(15)16-3;/h4-6,14H,7-8H2,1-3H3;1H. The second-order valence-electron chi connectivity index (χ2n) is 4.75. The average molecular weight is 272 g/mol. The van der Waals surface area contributed by atoms with Crippen LogP contribution in [0.15, 0.2) is 18.2 Å². The van der Waals surface area contributed by atoms with Crippen LogP contribution in [0.25, 0.3) is 0 Å². The fourth-order valence-electron chi connectivity index (χ4n) is 1.93. The molecule has 0 fully saturated rings. The van der Waals surface area contributed by atoms with Gasteiger partial charge in [0.1, 0.15) is 16.9 Å². The fourth-order valence-corrected chi connectivity index (χ4v) is 1.93. The number of methoxy groups -OCH3 is 1. The van der Waals surface area contributed by atoms with E-state index in [1.165, 1.54) is 7.11 Å².